The Morgan fingerprint density at radius 1 is 1.06 bits per heavy atom. The van der Waals surface area contributed by atoms with Crippen LogP contribution in [-0.4, -0.2) is 26.5 Å². The molecule has 3 rings (SSSR count). The standard InChI is InChI=1S/C28H33N3O4/c1-17(2)11-24(31-10-9-18(3)12-25(31)32)28(35)30-23(14-26(33)34)21-13-22(16-29-15-21)27-19(4)7-6-8-20(27)5/h6-10,12-13,15-17,23-24H,11,14H2,1-5H3,(H,30,35)(H,33,34)/t23-,24+/m1/s1. The van der Waals surface area contributed by atoms with E-state index in [-0.39, 0.29) is 17.9 Å². The average Bonchev–Trinajstić information content (AvgIpc) is 2.77. The Bertz CT molecular complexity index is 1260. The number of carbonyl (C=O) groups excluding carboxylic acids is 1. The molecule has 0 unspecified atom stereocenters. The minimum atomic E-state index is -1.04. The van der Waals surface area contributed by atoms with Crippen LogP contribution < -0.4 is 10.9 Å². The molecule has 2 N–H and O–H groups in total. The first-order valence-corrected chi connectivity index (χ1v) is 11.8. The van der Waals surface area contributed by atoms with E-state index in [0.717, 1.165) is 27.8 Å². The van der Waals surface area contributed by atoms with Gasteiger partial charge in [-0.15, -0.1) is 0 Å². The molecule has 0 saturated heterocycles. The van der Waals surface area contributed by atoms with Gasteiger partial charge < -0.3 is 15.0 Å². The molecule has 0 aliphatic heterocycles. The van der Waals surface area contributed by atoms with Crippen molar-refractivity contribution in [2.24, 2.45) is 5.92 Å². The number of nitrogens with zero attached hydrogens (tertiary/aromatic N) is 2. The molecule has 1 aromatic carbocycles. The van der Waals surface area contributed by atoms with Gasteiger partial charge in [0.2, 0.25) is 5.91 Å². The SMILES string of the molecule is Cc1ccn([C@@H](CC(C)C)C(=O)N[C@H](CC(=O)O)c2cncc(-c3c(C)cccc3C)c2)c(=O)c1. The lowest BCUT2D eigenvalue weighted by Gasteiger charge is -2.25. The number of benzene rings is 1. The van der Waals surface area contributed by atoms with Gasteiger partial charge in [0.1, 0.15) is 6.04 Å². The summed E-state index contributed by atoms with van der Waals surface area (Å²) in [5.41, 5.74) is 5.20. The number of pyridine rings is 2. The van der Waals surface area contributed by atoms with Crippen molar-refractivity contribution in [3.8, 4) is 11.1 Å². The molecule has 7 nitrogen and oxygen atoms in total. The van der Waals surface area contributed by atoms with Crippen molar-refractivity contribution in [1.82, 2.24) is 14.9 Å². The molecule has 0 saturated carbocycles. The fourth-order valence-electron chi connectivity index (χ4n) is 4.39. The summed E-state index contributed by atoms with van der Waals surface area (Å²) in [5.74, 6) is -1.29. The van der Waals surface area contributed by atoms with Crippen LogP contribution in [0.25, 0.3) is 11.1 Å². The third-order valence-electron chi connectivity index (χ3n) is 6.06. The van der Waals surface area contributed by atoms with Crippen LogP contribution in [0, 0.1) is 26.7 Å². The Morgan fingerprint density at radius 2 is 1.74 bits per heavy atom. The minimum Gasteiger partial charge on any atom is -0.481 e. The van der Waals surface area contributed by atoms with E-state index in [1.54, 1.807) is 24.7 Å². The second-order valence-corrected chi connectivity index (χ2v) is 9.53. The summed E-state index contributed by atoms with van der Waals surface area (Å²) in [6, 6.07) is 9.62. The zero-order chi connectivity index (χ0) is 25.7. The van der Waals surface area contributed by atoms with Gasteiger partial charge in [-0.05, 0) is 73.1 Å². The van der Waals surface area contributed by atoms with Crippen molar-refractivity contribution in [1.29, 1.82) is 0 Å². The van der Waals surface area contributed by atoms with Crippen LogP contribution in [0.3, 0.4) is 0 Å². The molecule has 7 heteroatoms. The summed E-state index contributed by atoms with van der Waals surface area (Å²) in [6.45, 7) is 9.81. The molecule has 184 valence electrons. The Kier molecular flexibility index (Phi) is 8.22. The first-order chi connectivity index (χ1) is 16.6. The highest BCUT2D eigenvalue weighted by atomic mass is 16.4. The van der Waals surface area contributed by atoms with Gasteiger partial charge in [0.05, 0.1) is 12.5 Å². The zero-order valence-corrected chi connectivity index (χ0v) is 20.9. The average molecular weight is 476 g/mol. The number of hydrogen-bond acceptors (Lipinski definition) is 4. The third kappa shape index (κ3) is 6.44. The van der Waals surface area contributed by atoms with Gasteiger partial charge in [-0.25, -0.2) is 0 Å². The number of aryl methyl sites for hydroxylation is 3. The molecular weight excluding hydrogens is 442 g/mol. The highest BCUT2D eigenvalue weighted by Gasteiger charge is 2.27. The number of hydrogen-bond donors (Lipinski definition) is 2. The second kappa shape index (κ2) is 11.1. The van der Waals surface area contributed by atoms with E-state index in [0.29, 0.717) is 12.0 Å². The van der Waals surface area contributed by atoms with E-state index >= 15 is 0 Å². The summed E-state index contributed by atoms with van der Waals surface area (Å²) in [7, 11) is 0. The number of rotatable bonds is 9. The molecule has 2 aromatic heterocycles. The highest BCUT2D eigenvalue weighted by Crippen LogP contribution is 2.29. The molecule has 2 atom stereocenters. The van der Waals surface area contributed by atoms with E-state index in [1.165, 1.54) is 10.6 Å². The zero-order valence-electron chi connectivity index (χ0n) is 20.9. The van der Waals surface area contributed by atoms with Crippen molar-refractivity contribution in [3.05, 3.63) is 87.6 Å². The number of aliphatic carboxylic acids is 1. The van der Waals surface area contributed by atoms with Gasteiger partial charge in [-0.1, -0.05) is 32.0 Å². The smallest absolute Gasteiger partial charge is 0.305 e. The van der Waals surface area contributed by atoms with Crippen LogP contribution in [-0.2, 0) is 9.59 Å². The van der Waals surface area contributed by atoms with Crippen LogP contribution in [0.5, 0.6) is 0 Å². The summed E-state index contributed by atoms with van der Waals surface area (Å²) in [4.78, 5) is 42.2. The molecule has 35 heavy (non-hydrogen) atoms. The molecule has 0 radical (unpaired) electrons. The molecule has 0 bridgehead atoms. The summed E-state index contributed by atoms with van der Waals surface area (Å²) in [6.07, 6.45) is 5.09. The Morgan fingerprint density at radius 3 is 2.34 bits per heavy atom. The number of aromatic nitrogens is 2. The van der Waals surface area contributed by atoms with Crippen molar-refractivity contribution in [3.63, 3.8) is 0 Å². The highest BCUT2D eigenvalue weighted by molar-refractivity contribution is 5.82. The van der Waals surface area contributed by atoms with Gasteiger partial charge in [0, 0.05) is 30.2 Å². The van der Waals surface area contributed by atoms with E-state index in [1.807, 2.05) is 58.9 Å². The van der Waals surface area contributed by atoms with Crippen molar-refractivity contribution in [2.45, 2.75) is 59.5 Å². The van der Waals surface area contributed by atoms with Crippen LogP contribution in [0.2, 0.25) is 0 Å². The predicted molar refractivity (Wildman–Crippen MR) is 136 cm³/mol. The Hall–Kier alpha value is -3.74. The van der Waals surface area contributed by atoms with Crippen molar-refractivity contribution >= 4 is 11.9 Å². The van der Waals surface area contributed by atoms with Gasteiger partial charge in [-0.2, -0.15) is 0 Å². The summed E-state index contributed by atoms with van der Waals surface area (Å²) >= 11 is 0. The number of carboxylic acids is 1. The van der Waals surface area contributed by atoms with Crippen LogP contribution >= 0.6 is 0 Å². The van der Waals surface area contributed by atoms with Crippen LogP contribution in [0.1, 0.15) is 61.0 Å². The van der Waals surface area contributed by atoms with E-state index < -0.39 is 24.0 Å². The summed E-state index contributed by atoms with van der Waals surface area (Å²) < 4.78 is 1.42. The molecular formula is C28H33N3O4. The van der Waals surface area contributed by atoms with Gasteiger partial charge in [0.25, 0.3) is 5.56 Å². The normalized spacial score (nSPS) is 12.9. The lowest BCUT2D eigenvalue weighted by molar-refractivity contribution is -0.138. The monoisotopic (exact) mass is 475 g/mol. The van der Waals surface area contributed by atoms with E-state index in [2.05, 4.69) is 10.3 Å². The molecule has 0 aliphatic carbocycles. The molecule has 0 spiro atoms. The molecule has 2 heterocycles. The van der Waals surface area contributed by atoms with Gasteiger partial charge in [0.15, 0.2) is 0 Å². The molecule has 3 aromatic rings. The first kappa shape index (κ1) is 25.9. The fourth-order valence-corrected chi connectivity index (χ4v) is 4.39. The molecule has 1 amide bonds. The lowest BCUT2D eigenvalue weighted by atomic mass is 9.94. The van der Waals surface area contributed by atoms with Crippen molar-refractivity contribution < 1.29 is 14.7 Å². The quantitative estimate of drug-likeness (QED) is 0.465. The van der Waals surface area contributed by atoms with Crippen LogP contribution in [0.4, 0.5) is 0 Å². The topological polar surface area (TPSA) is 101 Å². The first-order valence-electron chi connectivity index (χ1n) is 11.8. The number of carboxylic acid groups (broad SMARTS) is 1. The molecule has 0 fully saturated rings. The lowest BCUT2D eigenvalue weighted by Crippen LogP contribution is -2.40. The minimum absolute atomic E-state index is 0.144. The molecule has 0 aliphatic rings. The number of carbonyl (C=O) groups is 2. The maximum atomic E-state index is 13.5. The largest absolute Gasteiger partial charge is 0.481 e. The second-order valence-electron chi connectivity index (χ2n) is 9.53. The van der Waals surface area contributed by atoms with E-state index in [4.69, 9.17) is 0 Å². The number of nitrogens with one attached hydrogen (secondary N) is 1. The van der Waals surface area contributed by atoms with Gasteiger partial charge >= 0.3 is 5.97 Å². The maximum Gasteiger partial charge on any atom is 0.305 e. The Balaban J connectivity index is 1.98. The van der Waals surface area contributed by atoms with Crippen molar-refractivity contribution in [2.75, 3.05) is 0 Å². The maximum absolute atomic E-state index is 13.5. The van der Waals surface area contributed by atoms with Crippen LogP contribution in [0.15, 0.2) is 59.8 Å². The fraction of sp³-hybridized carbons (Fsp3) is 0.357. The summed E-state index contributed by atoms with van der Waals surface area (Å²) in [5, 5.41) is 12.5. The third-order valence-corrected chi connectivity index (χ3v) is 6.06. The van der Waals surface area contributed by atoms with Gasteiger partial charge in [-0.3, -0.25) is 19.4 Å². The van der Waals surface area contributed by atoms with E-state index in [9.17, 15) is 19.5 Å². The predicted octanol–water partition coefficient (Wildman–Crippen LogP) is 4.75. The number of amides is 1. The Labute approximate surface area is 205 Å².